The van der Waals surface area contributed by atoms with Crippen LogP contribution in [0.5, 0.6) is 11.5 Å². The maximum absolute atomic E-state index is 12.1. The van der Waals surface area contributed by atoms with E-state index in [2.05, 4.69) is 36.7 Å². The average molecular weight is 482 g/mol. The minimum absolute atomic E-state index is 0.255. The van der Waals surface area contributed by atoms with Crippen molar-refractivity contribution in [2.45, 2.75) is 33.7 Å². The molecule has 0 atom stereocenters. The van der Waals surface area contributed by atoms with Gasteiger partial charge >= 0.3 is 5.97 Å². The molecule has 1 N–H and O–H groups in total. The number of rotatable bonds is 6. The Hall–Kier alpha value is -2.32. The number of aromatic carboxylic acids is 1. The first-order valence-corrected chi connectivity index (χ1v) is 10.6. The summed E-state index contributed by atoms with van der Waals surface area (Å²) in [6.45, 7) is 8.41. The molecule has 164 valence electrons. The van der Waals surface area contributed by atoms with Gasteiger partial charge in [0.1, 0.15) is 23.7 Å². The number of carbonyl (C=O) groups is 1. The number of aromatic nitrogens is 1. The van der Waals surface area contributed by atoms with Gasteiger partial charge in [-0.1, -0.05) is 20.8 Å². The zero-order valence-corrected chi connectivity index (χ0v) is 19.3. The van der Waals surface area contributed by atoms with Crippen LogP contribution in [0.2, 0.25) is 0 Å². The highest BCUT2D eigenvalue weighted by Crippen LogP contribution is 2.39. The second kappa shape index (κ2) is 11.2. The van der Waals surface area contributed by atoms with Crippen LogP contribution in [0.1, 0.15) is 37.6 Å². The zero-order valence-electron chi connectivity index (χ0n) is 17.7. The number of halogens is 1. The van der Waals surface area contributed by atoms with Crippen molar-refractivity contribution in [3.8, 4) is 22.8 Å². The second-order valence-electron chi connectivity index (χ2n) is 7.49. The fourth-order valence-corrected chi connectivity index (χ4v) is 3.21. The molecule has 1 aromatic heterocycles. The van der Waals surface area contributed by atoms with Gasteiger partial charge < -0.3 is 23.9 Å². The molecule has 0 unspecified atom stereocenters. The minimum atomic E-state index is -1.24. The molecule has 1 aliphatic rings. The molecule has 0 spiro atoms. The van der Waals surface area contributed by atoms with Crippen LogP contribution in [0.25, 0.3) is 11.3 Å². The lowest BCUT2D eigenvalue weighted by molar-refractivity contribution is 0.0694. The highest BCUT2D eigenvalue weighted by molar-refractivity contribution is 9.10. The van der Waals surface area contributed by atoms with Gasteiger partial charge in [-0.15, -0.1) is 0 Å². The Morgan fingerprint density at radius 1 is 1.27 bits per heavy atom. The minimum Gasteiger partial charge on any atom is -0.492 e. The highest BCUT2D eigenvalue weighted by atomic mass is 79.9. The predicted molar refractivity (Wildman–Crippen MR) is 119 cm³/mol. The number of carboxylic acids is 1. The molecule has 0 fully saturated rings. The molecular formula is C22H28BrNO6. The zero-order chi connectivity index (χ0) is 22.3. The number of hydrogen-bond acceptors (Lipinski definition) is 5. The van der Waals surface area contributed by atoms with Crippen LogP contribution < -0.4 is 14.9 Å². The van der Waals surface area contributed by atoms with Crippen molar-refractivity contribution in [1.29, 1.82) is 0 Å². The summed E-state index contributed by atoms with van der Waals surface area (Å²) < 4.78 is 19.0. The molecule has 1 aliphatic heterocycles. The van der Waals surface area contributed by atoms with Crippen molar-refractivity contribution in [3.05, 3.63) is 44.7 Å². The Labute approximate surface area is 184 Å². The SMILES string of the molecule is CC(C)C.COCCCOc1cc2c(cc1Br)-c1cc(=O)c(C(=O)O)cn1CCO2. The fraction of sp³-hybridized carbons (Fsp3) is 0.455. The quantitative estimate of drug-likeness (QED) is 0.613. The van der Waals surface area contributed by atoms with Gasteiger partial charge in [0.05, 0.1) is 23.3 Å². The van der Waals surface area contributed by atoms with E-state index in [1.807, 2.05) is 6.07 Å². The fourth-order valence-electron chi connectivity index (χ4n) is 2.76. The monoisotopic (exact) mass is 481 g/mol. The lowest BCUT2D eigenvalue weighted by Crippen LogP contribution is -2.19. The van der Waals surface area contributed by atoms with E-state index in [-0.39, 0.29) is 5.56 Å². The highest BCUT2D eigenvalue weighted by Gasteiger charge is 2.21. The summed E-state index contributed by atoms with van der Waals surface area (Å²) in [5.74, 6) is 0.818. The number of benzene rings is 1. The van der Waals surface area contributed by atoms with Crippen LogP contribution >= 0.6 is 15.9 Å². The molecule has 0 aliphatic carbocycles. The van der Waals surface area contributed by atoms with E-state index >= 15 is 0 Å². The van der Waals surface area contributed by atoms with Crippen LogP contribution in [0.4, 0.5) is 0 Å². The molecule has 0 saturated heterocycles. The van der Waals surface area contributed by atoms with Crippen molar-refractivity contribution in [2.24, 2.45) is 5.92 Å². The normalized spacial score (nSPS) is 12.1. The van der Waals surface area contributed by atoms with E-state index < -0.39 is 11.4 Å². The molecule has 8 heteroatoms. The van der Waals surface area contributed by atoms with Gasteiger partial charge in [0.15, 0.2) is 5.43 Å². The Bertz CT molecular complexity index is 935. The molecule has 0 radical (unpaired) electrons. The van der Waals surface area contributed by atoms with E-state index in [1.165, 1.54) is 12.3 Å². The molecule has 0 saturated carbocycles. The van der Waals surface area contributed by atoms with Crippen LogP contribution in [0.15, 0.2) is 33.7 Å². The lowest BCUT2D eigenvalue weighted by atomic mass is 10.1. The summed E-state index contributed by atoms with van der Waals surface area (Å²) in [5.41, 5.74) is 0.522. The first-order valence-electron chi connectivity index (χ1n) is 9.80. The standard InChI is InChI=1S/C18H18BrNO6.C4H10/c1-24-4-2-5-25-17-9-16-11(7-13(17)19)14-8-15(21)12(18(22)23)10-20(14)3-6-26-16;1-4(2)3/h7-10H,2-6H2,1H3,(H,22,23);4H,1-3H3. The van der Waals surface area contributed by atoms with Gasteiger partial charge in [-0.25, -0.2) is 4.79 Å². The molecule has 2 aromatic rings. The molecular weight excluding hydrogens is 454 g/mol. The first kappa shape index (κ1) is 24.0. The van der Waals surface area contributed by atoms with Crippen molar-refractivity contribution in [3.63, 3.8) is 0 Å². The Kier molecular flexibility index (Phi) is 8.92. The Balaban J connectivity index is 0.000000735. The second-order valence-corrected chi connectivity index (χ2v) is 8.34. The molecule has 2 heterocycles. The van der Waals surface area contributed by atoms with Gasteiger partial charge in [-0.05, 0) is 27.9 Å². The smallest absolute Gasteiger partial charge is 0.341 e. The third-order valence-electron chi connectivity index (χ3n) is 4.01. The molecule has 0 amide bonds. The van der Waals surface area contributed by atoms with Crippen LogP contribution in [0.3, 0.4) is 0 Å². The summed E-state index contributed by atoms with van der Waals surface area (Å²) in [6, 6.07) is 4.93. The van der Waals surface area contributed by atoms with E-state index in [4.69, 9.17) is 19.3 Å². The molecule has 0 bridgehead atoms. The average Bonchev–Trinajstić information content (AvgIpc) is 2.83. The number of nitrogens with zero attached hydrogens (tertiary/aromatic N) is 1. The van der Waals surface area contributed by atoms with Crippen molar-refractivity contribution in [2.75, 3.05) is 26.9 Å². The number of fused-ring (bicyclic) bond motifs is 3. The van der Waals surface area contributed by atoms with E-state index in [0.29, 0.717) is 49.1 Å². The summed E-state index contributed by atoms with van der Waals surface area (Å²) in [5, 5.41) is 9.16. The van der Waals surface area contributed by atoms with Gasteiger partial charge in [-0.3, -0.25) is 4.79 Å². The van der Waals surface area contributed by atoms with Crippen LogP contribution in [0, 0.1) is 5.92 Å². The Morgan fingerprint density at radius 2 is 1.97 bits per heavy atom. The number of hydrogen-bond donors (Lipinski definition) is 1. The van der Waals surface area contributed by atoms with E-state index in [1.54, 1.807) is 17.7 Å². The summed E-state index contributed by atoms with van der Waals surface area (Å²) in [7, 11) is 1.64. The van der Waals surface area contributed by atoms with Crippen molar-refractivity contribution >= 4 is 21.9 Å². The van der Waals surface area contributed by atoms with Gasteiger partial charge in [0.2, 0.25) is 0 Å². The molecule has 30 heavy (non-hydrogen) atoms. The number of ether oxygens (including phenoxy) is 3. The van der Waals surface area contributed by atoms with Gasteiger partial charge in [-0.2, -0.15) is 0 Å². The van der Waals surface area contributed by atoms with Crippen molar-refractivity contribution in [1.82, 2.24) is 4.57 Å². The Morgan fingerprint density at radius 3 is 2.60 bits per heavy atom. The topological polar surface area (TPSA) is 87.0 Å². The van der Waals surface area contributed by atoms with E-state index in [0.717, 1.165) is 16.8 Å². The number of methoxy groups -OCH3 is 1. The first-order chi connectivity index (χ1) is 14.2. The van der Waals surface area contributed by atoms with Crippen LogP contribution in [-0.4, -0.2) is 42.6 Å². The summed E-state index contributed by atoms with van der Waals surface area (Å²) >= 11 is 3.48. The molecule has 3 rings (SSSR count). The maximum atomic E-state index is 12.1. The molecule has 1 aromatic carbocycles. The third kappa shape index (κ3) is 6.34. The summed E-state index contributed by atoms with van der Waals surface area (Å²) in [4.78, 5) is 23.3. The van der Waals surface area contributed by atoms with Crippen LogP contribution in [-0.2, 0) is 11.3 Å². The molecule has 7 nitrogen and oxygen atoms in total. The van der Waals surface area contributed by atoms with Crippen molar-refractivity contribution < 1.29 is 24.1 Å². The van der Waals surface area contributed by atoms with E-state index in [9.17, 15) is 9.59 Å². The lowest BCUT2D eigenvalue weighted by Gasteiger charge is -2.14. The van der Waals surface area contributed by atoms with Gasteiger partial charge in [0.25, 0.3) is 0 Å². The maximum Gasteiger partial charge on any atom is 0.341 e. The third-order valence-corrected chi connectivity index (χ3v) is 4.63. The number of carboxylic acid groups (broad SMARTS) is 1. The number of pyridine rings is 1. The summed E-state index contributed by atoms with van der Waals surface area (Å²) in [6.07, 6.45) is 2.12. The predicted octanol–water partition coefficient (Wildman–Crippen LogP) is 4.45. The largest absolute Gasteiger partial charge is 0.492 e. The van der Waals surface area contributed by atoms with Gasteiger partial charge in [0, 0.05) is 44.0 Å².